The first kappa shape index (κ1) is 11.3. The normalized spacial score (nSPS) is 11.5. The summed E-state index contributed by atoms with van der Waals surface area (Å²) in [6.45, 7) is 10.9. The summed E-state index contributed by atoms with van der Waals surface area (Å²) in [5, 5.41) is 5.88. The molecule has 66 valence electrons. The Morgan fingerprint density at radius 1 is 1.18 bits per heavy atom. The van der Waals surface area contributed by atoms with Crippen molar-refractivity contribution < 1.29 is 0 Å². The van der Waals surface area contributed by atoms with Crippen LogP contribution in [0.4, 0.5) is 0 Å². The Balaban J connectivity index is 4.06. The fourth-order valence-corrected chi connectivity index (χ4v) is 9.51. The molecule has 0 fully saturated rings. The van der Waals surface area contributed by atoms with Crippen LogP contribution in [0, 0.1) is 0 Å². The maximum atomic E-state index is 3.87. The predicted molar refractivity (Wildman–Crippen MR) is 56.8 cm³/mol. The Kier molecular flexibility index (Phi) is 6.02. The van der Waals surface area contributed by atoms with Crippen LogP contribution < -0.4 is 0 Å². The van der Waals surface area contributed by atoms with E-state index in [2.05, 4.69) is 33.4 Å². The average Bonchev–Trinajstić information content (AvgIpc) is 2.04. The van der Waals surface area contributed by atoms with Crippen molar-refractivity contribution in [3.05, 3.63) is 12.7 Å². The van der Waals surface area contributed by atoms with Crippen molar-refractivity contribution in [3.63, 3.8) is 0 Å². The number of rotatable bonds is 6. The van der Waals surface area contributed by atoms with E-state index in [0.29, 0.717) is 0 Å². The molecule has 0 aliphatic rings. The molecule has 0 rings (SSSR count). The molecule has 0 nitrogen and oxygen atoms in total. The van der Waals surface area contributed by atoms with Crippen LogP contribution in [-0.4, -0.2) is 13.3 Å². The van der Waals surface area contributed by atoms with E-state index in [-0.39, 0.29) is 0 Å². The van der Waals surface area contributed by atoms with Crippen molar-refractivity contribution in [2.45, 2.75) is 48.2 Å². The summed E-state index contributed by atoms with van der Waals surface area (Å²) in [7, 11) is 0. The molecule has 0 aromatic carbocycles. The minimum absolute atomic E-state index is 1.36. The van der Waals surface area contributed by atoms with Crippen LogP contribution in [0.2, 0.25) is 21.0 Å². The molecule has 0 amide bonds. The van der Waals surface area contributed by atoms with Gasteiger partial charge in [-0.15, -0.1) is 0 Å². The van der Waals surface area contributed by atoms with Gasteiger partial charge in [-0.1, -0.05) is 0 Å². The molecule has 0 aromatic rings. The molecule has 0 atom stereocenters. The van der Waals surface area contributed by atoms with Gasteiger partial charge in [-0.05, 0) is 0 Å². The second-order valence-corrected chi connectivity index (χ2v) is 14.6. The maximum absolute atomic E-state index is 3.87. The Morgan fingerprint density at radius 3 is 2.00 bits per heavy atom. The van der Waals surface area contributed by atoms with E-state index in [0.717, 1.165) is 0 Å². The van der Waals surface area contributed by atoms with Gasteiger partial charge >= 0.3 is 74.1 Å². The summed E-state index contributed by atoms with van der Waals surface area (Å²) in [4.78, 5) is 0. The SMILES string of the molecule is C=C[CH2][Ge]([CH2]C)([CH2]C)[CH2]CC. The molecule has 0 saturated carbocycles. The van der Waals surface area contributed by atoms with Crippen LogP contribution in [0.25, 0.3) is 0 Å². The fraction of sp³-hybridized carbons (Fsp3) is 0.800. The van der Waals surface area contributed by atoms with Gasteiger partial charge in [0.25, 0.3) is 0 Å². The van der Waals surface area contributed by atoms with Crippen molar-refractivity contribution in [1.29, 1.82) is 0 Å². The molecule has 0 bridgehead atoms. The predicted octanol–water partition coefficient (Wildman–Crippen LogP) is 4.07. The summed E-state index contributed by atoms with van der Waals surface area (Å²) in [5.74, 6) is 0. The van der Waals surface area contributed by atoms with Crippen LogP contribution in [0.1, 0.15) is 27.2 Å². The van der Waals surface area contributed by atoms with Crippen LogP contribution >= 0.6 is 0 Å². The minimum atomic E-state index is -1.36. The Hall–Kier alpha value is 0.283. The van der Waals surface area contributed by atoms with Gasteiger partial charge in [0, 0.05) is 0 Å². The van der Waals surface area contributed by atoms with Gasteiger partial charge in [0.1, 0.15) is 0 Å². The fourth-order valence-electron chi connectivity index (χ4n) is 1.83. The zero-order valence-electron chi connectivity index (χ0n) is 8.32. The van der Waals surface area contributed by atoms with Gasteiger partial charge in [-0.3, -0.25) is 0 Å². The molecule has 0 heterocycles. The zero-order chi connectivity index (χ0) is 8.74. The summed E-state index contributed by atoms with van der Waals surface area (Å²) >= 11 is -1.36. The first-order chi connectivity index (χ1) is 5.24. The van der Waals surface area contributed by atoms with E-state index in [4.69, 9.17) is 0 Å². The first-order valence-corrected chi connectivity index (χ1v) is 10.8. The molecular weight excluding hydrogens is 193 g/mol. The third-order valence-electron chi connectivity index (χ3n) is 2.86. The zero-order valence-corrected chi connectivity index (χ0v) is 10.4. The third kappa shape index (κ3) is 3.46. The van der Waals surface area contributed by atoms with Gasteiger partial charge in [-0.2, -0.15) is 0 Å². The van der Waals surface area contributed by atoms with Crippen molar-refractivity contribution in [1.82, 2.24) is 0 Å². The summed E-state index contributed by atoms with van der Waals surface area (Å²) in [6.07, 6.45) is 3.54. The van der Waals surface area contributed by atoms with E-state index in [1.165, 1.54) is 22.2 Å². The van der Waals surface area contributed by atoms with Crippen molar-refractivity contribution in [2.24, 2.45) is 0 Å². The molecule has 0 aliphatic carbocycles. The first-order valence-electron chi connectivity index (χ1n) is 4.85. The number of hydrogen-bond donors (Lipinski definition) is 0. The molecule has 0 aliphatic heterocycles. The van der Waals surface area contributed by atoms with Crippen LogP contribution in [0.3, 0.4) is 0 Å². The molecular formula is C10H22Ge. The second kappa shape index (κ2) is 5.87. The van der Waals surface area contributed by atoms with E-state index in [1.54, 1.807) is 5.25 Å². The van der Waals surface area contributed by atoms with Gasteiger partial charge in [0.15, 0.2) is 0 Å². The monoisotopic (exact) mass is 216 g/mol. The van der Waals surface area contributed by atoms with Gasteiger partial charge in [0.2, 0.25) is 0 Å². The van der Waals surface area contributed by atoms with Crippen molar-refractivity contribution in [3.8, 4) is 0 Å². The molecule has 1 heteroatoms. The molecule has 0 N–H and O–H groups in total. The molecule has 0 aromatic heterocycles. The Morgan fingerprint density at radius 2 is 1.73 bits per heavy atom. The molecule has 0 unspecified atom stereocenters. The third-order valence-corrected chi connectivity index (χ3v) is 14.8. The Labute approximate surface area is 74.4 Å². The quantitative estimate of drug-likeness (QED) is 0.462. The summed E-state index contributed by atoms with van der Waals surface area (Å²) in [6, 6.07) is 0. The number of hydrogen-bond acceptors (Lipinski definition) is 0. The van der Waals surface area contributed by atoms with Crippen molar-refractivity contribution >= 4 is 13.3 Å². The van der Waals surface area contributed by atoms with E-state index in [9.17, 15) is 0 Å². The van der Waals surface area contributed by atoms with Gasteiger partial charge < -0.3 is 0 Å². The second-order valence-electron chi connectivity index (χ2n) is 3.45. The van der Waals surface area contributed by atoms with E-state index < -0.39 is 13.3 Å². The molecule has 0 saturated heterocycles. The van der Waals surface area contributed by atoms with Crippen LogP contribution in [0.5, 0.6) is 0 Å². The standard InChI is InChI=1S/C10H22Ge/c1-5-9-11(7-3,8-4)10-6-2/h5H,1,6-10H2,2-4H3. The Bertz CT molecular complexity index is 103. The van der Waals surface area contributed by atoms with Crippen LogP contribution in [-0.2, 0) is 0 Å². The molecule has 0 spiro atoms. The topological polar surface area (TPSA) is 0 Å². The van der Waals surface area contributed by atoms with Crippen LogP contribution in [0.15, 0.2) is 12.7 Å². The molecule has 11 heavy (non-hydrogen) atoms. The summed E-state index contributed by atoms with van der Waals surface area (Å²) < 4.78 is 0. The molecule has 0 radical (unpaired) electrons. The van der Waals surface area contributed by atoms with Crippen molar-refractivity contribution in [2.75, 3.05) is 0 Å². The van der Waals surface area contributed by atoms with Gasteiger partial charge in [0.05, 0.1) is 0 Å². The average molecular weight is 215 g/mol. The number of allylic oxidation sites excluding steroid dienone is 1. The van der Waals surface area contributed by atoms with E-state index >= 15 is 0 Å². The van der Waals surface area contributed by atoms with E-state index in [1.807, 2.05) is 0 Å². The summed E-state index contributed by atoms with van der Waals surface area (Å²) in [5.41, 5.74) is 0. The van der Waals surface area contributed by atoms with Gasteiger partial charge in [-0.25, -0.2) is 0 Å².